The van der Waals surface area contributed by atoms with Gasteiger partial charge in [0, 0.05) is 17.6 Å². The average Bonchev–Trinajstić information content (AvgIpc) is 2.83. The summed E-state index contributed by atoms with van der Waals surface area (Å²) in [5, 5.41) is 0. The van der Waals surface area contributed by atoms with Gasteiger partial charge in [-0.1, -0.05) is 0 Å². The molecule has 22 heavy (non-hydrogen) atoms. The van der Waals surface area contributed by atoms with Crippen molar-refractivity contribution in [3.05, 3.63) is 47.8 Å². The van der Waals surface area contributed by atoms with Gasteiger partial charge in [-0.05, 0) is 30.3 Å². The number of hydrogen-bond donors (Lipinski definition) is 1. The fourth-order valence-corrected chi connectivity index (χ4v) is 1.87. The highest BCUT2D eigenvalue weighted by atomic mass is 19.4. The number of nitrogens with zero attached hydrogens (tertiary/aromatic N) is 1. The van der Waals surface area contributed by atoms with E-state index in [1.165, 1.54) is 0 Å². The van der Waals surface area contributed by atoms with Crippen molar-refractivity contribution in [2.45, 2.75) is 12.4 Å². The Hall–Kier alpha value is -2.45. The Bertz CT molecular complexity index is 714. The lowest BCUT2D eigenvalue weighted by molar-refractivity contribution is -0.137. The number of ketones is 1. The standard InChI is InChI=1S/C13H8F6N2O/c14-12(15,16)7-4-8(20)6-9(5-7)21-3-1-2-10(21)11(22)13(17,18)19/h1-6H,20H2. The number of alkyl halides is 6. The molecular weight excluding hydrogens is 314 g/mol. The molecular formula is C13H8F6N2O. The van der Waals surface area contributed by atoms with Crippen molar-refractivity contribution in [2.24, 2.45) is 0 Å². The molecule has 0 radical (unpaired) electrons. The minimum Gasteiger partial charge on any atom is -0.399 e. The Labute approximate surface area is 119 Å². The van der Waals surface area contributed by atoms with Gasteiger partial charge >= 0.3 is 12.4 Å². The van der Waals surface area contributed by atoms with E-state index in [-0.39, 0.29) is 11.4 Å². The van der Waals surface area contributed by atoms with E-state index in [9.17, 15) is 31.1 Å². The van der Waals surface area contributed by atoms with Crippen molar-refractivity contribution in [3.8, 4) is 5.69 Å². The first-order chi connectivity index (χ1) is 10.00. The van der Waals surface area contributed by atoms with Crippen molar-refractivity contribution >= 4 is 11.5 Å². The summed E-state index contributed by atoms with van der Waals surface area (Å²) in [6, 6.07) is 4.30. The highest BCUT2D eigenvalue weighted by Crippen LogP contribution is 2.33. The molecule has 9 heteroatoms. The smallest absolute Gasteiger partial charge is 0.399 e. The van der Waals surface area contributed by atoms with Crippen LogP contribution in [0.2, 0.25) is 0 Å². The molecule has 118 valence electrons. The second-order valence-corrected chi connectivity index (χ2v) is 4.40. The first kappa shape index (κ1) is 15.9. The van der Waals surface area contributed by atoms with Gasteiger partial charge in [0.25, 0.3) is 5.78 Å². The van der Waals surface area contributed by atoms with Crippen LogP contribution >= 0.6 is 0 Å². The van der Waals surface area contributed by atoms with Crippen molar-refractivity contribution in [1.29, 1.82) is 0 Å². The van der Waals surface area contributed by atoms with Crippen LogP contribution in [0.25, 0.3) is 5.69 Å². The number of halogens is 6. The third kappa shape index (κ3) is 3.07. The zero-order valence-corrected chi connectivity index (χ0v) is 10.7. The van der Waals surface area contributed by atoms with Crippen LogP contribution in [-0.4, -0.2) is 16.5 Å². The zero-order valence-electron chi connectivity index (χ0n) is 10.7. The summed E-state index contributed by atoms with van der Waals surface area (Å²) in [7, 11) is 0. The minimum absolute atomic E-state index is 0.287. The summed E-state index contributed by atoms with van der Waals surface area (Å²) >= 11 is 0. The van der Waals surface area contributed by atoms with Gasteiger partial charge in [0.2, 0.25) is 0 Å². The lowest BCUT2D eigenvalue weighted by Gasteiger charge is -2.14. The summed E-state index contributed by atoms with van der Waals surface area (Å²) in [5.74, 6) is -2.16. The predicted molar refractivity (Wildman–Crippen MR) is 65.6 cm³/mol. The predicted octanol–water partition coefficient (Wildman–Crippen LogP) is 3.82. The molecule has 0 saturated carbocycles. The third-order valence-electron chi connectivity index (χ3n) is 2.78. The summed E-state index contributed by atoms with van der Waals surface area (Å²) in [6.07, 6.45) is -8.80. The number of carbonyl (C=O) groups is 1. The Balaban J connectivity index is 2.58. The molecule has 2 N–H and O–H groups in total. The third-order valence-corrected chi connectivity index (χ3v) is 2.78. The van der Waals surface area contributed by atoms with Gasteiger partial charge in [0.15, 0.2) is 0 Å². The van der Waals surface area contributed by atoms with E-state index >= 15 is 0 Å². The molecule has 1 aromatic heterocycles. The second kappa shape index (κ2) is 5.08. The lowest BCUT2D eigenvalue weighted by atomic mass is 10.1. The van der Waals surface area contributed by atoms with E-state index in [2.05, 4.69) is 0 Å². The second-order valence-electron chi connectivity index (χ2n) is 4.40. The monoisotopic (exact) mass is 322 g/mol. The van der Waals surface area contributed by atoms with E-state index in [0.717, 1.165) is 24.4 Å². The largest absolute Gasteiger partial charge is 0.456 e. The first-order valence-electron chi connectivity index (χ1n) is 5.77. The molecule has 0 aliphatic rings. The summed E-state index contributed by atoms with van der Waals surface area (Å²) in [4.78, 5) is 11.3. The maximum atomic E-state index is 12.7. The van der Waals surface area contributed by atoms with Gasteiger partial charge in [-0.15, -0.1) is 0 Å². The van der Waals surface area contributed by atoms with E-state index < -0.39 is 29.4 Å². The van der Waals surface area contributed by atoms with Crippen LogP contribution in [0.4, 0.5) is 32.0 Å². The molecule has 0 bridgehead atoms. The van der Waals surface area contributed by atoms with E-state index in [0.29, 0.717) is 16.7 Å². The molecule has 1 heterocycles. The topological polar surface area (TPSA) is 48.0 Å². The van der Waals surface area contributed by atoms with Crippen LogP contribution in [0.3, 0.4) is 0 Å². The van der Waals surface area contributed by atoms with Crippen LogP contribution in [0.1, 0.15) is 16.1 Å². The highest BCUT2D eigenvalue weighted by Gasteiger charge is 2.41. The van der Waals surface area contributed by atoms with Crippen molar-refractivity contribution in [1.82, 2.24) is 4.57 Å². The number of Topliss-reactive ketones (excluding diaryl/α,β-unsaturated/α-hetero) is 1. The van der Waals surface area contributed by atoms with Crippen LogP contribution in [0, 0.1) is 0 Å². The molecule has 0 amide bonds. The fraction of sp³-hybridized carbons (Fsp3) is 0.154. The Morgan fingerprint density at radius 1 is 1.05 bits per heavy atom. The van der Waals surface area contributed by atoms with E-state index in [4.69, 9.17) is 5.73 Å². The number of aromatic nitrogens is 1. The highest BCUT2D eigenvalue weighted by molar-refractivity contribution is 5.99. The number of nitrogens with two attached hydrogens (primary N) is 1. The summed E-state index contributed by atoms with van der Waals surface area (Å²) in [6.45, 7) is 0. The van der Waals surface area contributed by atoms with Crippen molar-refractivity contribution in [2.75, 3.05) is 5.73 Å². The number of hydrogen-bond acceptors (Lipinski definition) is 2. The molecule has 2 rings (SSSR count). The Morgan fingerprint density at radius 2 is 1.68 bits per heavy atom. The Kier molecular flexibility index (Phi) is 3.68. The van der Waals surface area contributed by atoms with Gasteiger partial charge in [-0.3, -0.25) is 4.79 Å². The number of nitrogen functional groups attached to an aromatic ring is 1. The molecule has 3 nitrogen and oxygen atoms in total. The molecule has 2 aromatic rings. The number of carbonyl (C=O) groups excluding carboxylic acids is 1. The van der Waals surface area contributed by atoms with E-state index in [1.807, 2.05) is 0 Å². The first-order valence-corrected chi connectivity index (χ1v) is 5.77. The van der Waals surface area contributed by atoms with Gasteiger partial charge in [-0.25, -0.2) is 0 Å². The maximum Gasteiger partial charge on any atom is 0.456 e. The molecule has 0 aliphatic heterocycles. The fourth-order valence-electron chi connectivity index (χ4n) is 1.87. The quantitative estimate of drug-likeness (QED) is 0.519. The SMILES string of the molecule is Nc1cc(-n2cccc2C(=O)C(F)(F)F)cc(C(F)(F)F)c1. The average molecular weight is 322 g/mol. The number of rotatable bonds is 2. The molecule has 0 spiro atoms. The van der Waals surface area contributed by atoms with Crippen molar-refractivity contribution in [3.63, 3.8) is 0 Å². The van der Waals surface area contributed by atoms with Crippen LogP contribution in [0.15, 0.2) is 36.5 Å². The lowest BCUT2D eigenvalue weighted by Crippen LogP contribution is -2.25. The van der Waals surface area contributed by atoms with Crippen LogP contribution in [-0.2, 0) is 6.18 Å². The van der Waals surface area contributed by atoms with Crippen LogP contribution in [0.5, 0.6) is 0 Å². The molecule has 0 unspecified atom stereocenters. The molecule has 0 atom stereocenters. The summed E-state index contributed by atoms with van der Waals surface area (Å²) < 4.78 is 76.4. The number of anilines is 1. The molecule has 0 saturated heterocycles. The molecule has 1 aromatic carbocycles. The minimum atomic E-state index is -5.14. The normalized spacial score (nSPS) is 12.5. The van der Waals surface area contributed by atoms with E-state index in [1.54, 1.807) is 0 Å². The summed E-state index contributed by atoms with van der Waals surface area (Å²) in [5.41, 5.74) is 2.86. The Morgan fingerprint density at radius 3 is 2.23 bits per heavy atom. The van der Waals surface area contributed by atoms with Gasteiger partial charge in [0.1, 0.15) is 0 Å². The van der Waals surface area contributed by atoms with Crippen molar-refractivity contribution < 1.29 is 31.1 Å². The van der Waals surface area contributed by atoms with Gasteiger partial charge < -0.3 is 10.3 Å². The molecule has 0 fully saturated rings. The maximum absolute atomic E-state index is 12.7. The van der Waals surface area contributed by atoms with Gasteiger partial charge in [0.05, 0.1) is 11.3 Å². The van der Waals surface area contributed by atoms with Crippen LogP contribution < -0.4 is 5.73 Å². The van der Waals surface area contributed by atoms with Gasteiger partial charge in [-0.2, -0.15) is 26.3 Å². The number of benzene rings is 1. The molecule has 0 aliphatic carbocycles. The zero-order chi connectivity index (χ0) is 16.7.